The fourth-order valence-electron chi connectivity index (χ4n) is 1.10. The molecule has 0 saturated heterocycles. The first-order valence-corrected chi connectivity index (χ1v) is 3.93. The van der Waals surface area contributed by atoms with E-state index >= 15 is 0 Å². The molecule has 0 aliphatic heterocycles. The second kappa shape index (κ2) is 3.77. The minimum atomic E-state index is 0.648. The summed E-state index contributed by atoms with van der Waals surface area (Å²) in [5.74, 6) is 0.648. The molecule has 0 spiro atoms. The van der Waals surface area contributed by atoms with Gasteiger partial charge in [0.05, 0.1) is 0 Å². The highest BCUT2D eigenvalue weighted by Crippen LogP contribution is 2.18. The fraction of sp³-hybridized carbons (Fsp3) is 0.300. The Kier molecular flexibility index (Phi) is 2.71. The summed E-state index contributed by atoms with van der Waals surface area (Å²) in [6, 6.07) is 5.84. The van der Waals surface area contributed by atoms with Gasteiger partial charge in [0.2, 0.25) is 0 Å². The van der Waals surface area contributed by atoms with Crippen LogP contribution in [-0.4, -0.2) is 0 Å². The van der Waals surface area contributed by atoms with Gasteiger partial charge in [-0.25, -0.2) is 0 Å². The van der Waals surface area contributed by atoms with E-state index in [1.165, 1.54) is 5.56 Å². The van der Waals surface area contributed by atoms with E-state index < -0.39 is 0 Å². The molecule has 0 amide bonds. The molecule has 0 radical (unpaired) electrons. The third kappa shape index (κ3) is 1.76. The van der Waals surface area contributed by atoms with Crippen LogP contribution in [0.3, 0.4) is 0 Å². The minimum Gasteiger partial charge on any atom is -0.388 e. The molecule has 0 aliphatic rings. The third-order valence-corrected chi connectivity index (χ3v) is 1.80. The van der Waals surface area contributed by atoms with Crippen molar-refractivity contribution in [1.29, 1.82) is 5.26 Å². The molecule has 2 heteroatoms. The van der Waals surface area contributed by atoms with Crippen LogP contribution in [0.1, 0.15) is 18.1 Å². The van der Waals surface area contributed by atoms with E-state index in [1.807, 2.05) is 25.1 Å². The molecule has 1 aromatic carbocycles. The largest absolute Gasteiger partial charge is 0.388 e. The van der Waals surface area contributed by atoms with Gasteiger partial charge in [-0.2, -0.15) is 0 Å². The van der Waals surface area contributed by atoms with Gasteiger partial charge in [0, 0.05) is 0 Å². The highest BCUT2D eigenvalue weighted by atomic mass is 16.5. The molecule has 1 rings (SSSR count). The smallest absolute Gasteiger partial charge is 0.292 e. The highest BCUT2D eigenvalue weighted by molar-refractivity contribution is 5.36. The van der Waals surface area contributed by atoms with Gasteiger partial charge >= 0.3 is 0 Å². The molecule has 0 fully saturated rings. The Morgan fingerprint density at radius 3 is 2.75 bits per heavy atom. The van der Waals surface area contributed by atoms with Crippen LogP contribution in [0.5, 0.6) is 5.75 Å². The first kappa shape index (κ1) is 8.61. The highest BCUT2D eigenvalue weighted by Gasteiger charge is 1.99. The Morgan fingerprint density at radius 1 is 1.50 bits per heavy atom. The Bertz CT molecular complexity index is 312. The SMILES string of the molecule is CCc1ccc(OC#N)c(C)c1. The molecule has 0 unspecified atom stereocenters. The molecule has 12 heavy (non-hydrogen) atoms. The van der Waals surface area contributed by atoms with Crippen molar-refractivity contribution in [1.82, 2.24) is 0 Å². The topological polar surface area (TPSA) is 33.0 Å². The Balaban J connectivity index is 2.97. The second-order valence-electron chi connectivity index (χ2n) is 2.65. The number of nitrogens with zero attached hydrogens (tertiary/aromatic N) is 1. The van der Waals surface area contributed by atoms with Crippen LogP contribution in [0.15, 0.2) is 18.2 Å². The van der Waals surface area contributed by atoms with Gasteiger partial charge in [-0.15, -0.1) is 5.26 Å². The van der Waals surface area contributed by atoms with E-state index in [0.717, 1.165) is 12.0 Å². The number of aryl methyl sites for hydroxylation is 2. The maximum Gasteiger partial charge on any atom is 0.292 e. The lowest BCUT2D eigenvalue weighted by molar-refractivity contribution is 0.503. The van der Waals surface area contributed by atoms with Gasteiger partial charge in [-0.1, -0.05) is 19.1 Å². The number of hydrogen-bond donors (Lipinski definition) is 0. The van der Waals surface area contributed by atoms with Crippen LogP contribution in [-0.2, 0) is 6.42 Å². The molecule has 0 atom stereocenters. The molecule has 1 aromatic rings. The summed E-state index contributed by atoms with van der Waals surface area (Å²) in [6.45, 7) is 4.03. The maximum absolute atomic E-state index is 8.30. The summed E-state index contributed by atoms with van der Waals surface area (Å²) < 4.78 is 4.74. The van der Waals surface area contributed by atoms with Crippen molar-refractivity contribution in [3.63, 3.8) is 0 Å². The summed E-state index contributed by atoms with van der Waals surface area (Å²) in [4.78, 5) is 0. The van der Waals surface area contributed by atoms with Crippen molar-refractivity contribution in [2.45, 2.75) is 20.3 Å². The molecule has 0 bridgehead atoms. The minimum absolute atomic E-state index is 0.648. The number of benzene rings is 1. The lowest BCUT2D eigenvalue weighted by Crippen LogP contribution is -1.88. The molecule has 62 valence electrons. The second-order valence-corrected chi connectivity index (χ2v) is 2.65. The van der Waals surface area contributed by atoms with Crippen LogP contribution < -0.4 is 4.74 Å². The standard InChI is InChI=1S/C10H11NO/c1-3-9-4-5-10(12-7-11)8(2)6-9/h4-6H,3H2,1-2H3. The van der Waals surface area contributed by atoms with E-state index in [1.54, 1.807) is 6.26 Å². The average Bonchev–Trinajstić information content (AvgIpc) is 2.09. The zero-order valence-electron chi connectivity index (χ0n) is 7.29. The molecule has 0 heterocycles. The van der Waals surface area contributed by atoms with Crippen LogP contribution in [0.2, 0.25) is 0 Å². The summed E-state index contributed by atoms with van der Waals surface area (Å²) in [6.07, 6.45) is 2.67. The van der Waals surface area contributed by atoms with Crippen molar-refractivity contribution < 1.29 is 4.74 Å². The molecule has 0 aromatic heterocycles. The van der Waals surface area contributed by atoms with Crippen LogP contribution in [0.25, 0.3) is 0 Å². The fourth-order valence-corrected chi connectivity index (χ4v) is 1.10. The zero-order valence-corrected chi connectivity index (χ0v) is 7.29. The van der Waals surface area contributed by atoms with E-state index in [9.17, 15) is 0 Å². The van der Waals surface area contributed by atoms with Gasteiger partial charge in [0.15, 0.2) is 0 Å². The number of hydrogen-bond acceptors (Lipinski definition) is 2. The van der Waals surface area contributed by atoms with Gasteiger partial charge < -0.3 is 4.74 Å². The Hall–Kier alpha value is -1.49. The molecular weight excluding hydrogens is 150 g/mol. The lowest BCUT2D eigenvalue weighted by Gasteiger charge is -2.02. The quantitative estimate of drug-likeness (QED) is 0.624. The summed E-state index contributed by atoms with van der Waals surface area (Å²) >= 11 is 0. The van der Waals surface area contributed by atoms with Gasteiger partial charge in [0.25, 0.3) is 6.26 Å². The Morgan fingerprint density at radius 2 is 2.25 bits per heavy atom. The van der Waals surface area contributed by atoms with Crippen molar-refractivity contribution >= 4 is 0 Å². The average molecular weight is 161 g/mol. The molecule has 2 nitrogen and oxygen atoms in total. The van der Waals surface area contributed by atoms with Gasteiger partial charge in [-0.3, -0.25) is 0 Å². The van der Waals surface area contributed by atoms with Gasteiger partial charge in [-0.05, 0) is 30.5 Å². The van der Waals surface area contributed by atoms with Crippen molar-refractivity contribution in [3.05, 3.63) is 29.3 Å². The van der Waals surface area contributed by atoms with Crippen LogP contribution in [0, 0.1) is 18.4 Å². The first-order chi connectivity index (χ1) is 5.77. The number of ether oxygens (including phenoxy) is 1. The first-order valence-electron chi connectivity index (χ1n) is 3.93. The summed E-state index contributed by atoms with van der Waals surface area (Å²) in [5.41, 5.74) is 2.27. The van der Waals surface area contributed by atoms with E-state index in [-0.39, 0.29) is 0 Å². The van der Waals surface area contributed by atoms with Crippen molar-refractivity contribution in [2.24, 2.45) is 0 Å². The van der Waals surface area contributed by atoms with Crippen LogP contribution in [0.4, 0.5) is 0 Å². The van der Waals surface area contributed by atoms with E-state index in [0.29, 0.717) is 5.75 Å². The number of rotatable bonds is 2. The Labute approximate surface area is 72.4 Å². The number of nitriles is 1. The zero-order chi connectivity index (χ0) is 8.97. The molecular formula is C10H11NO. The summed E-state index contributed by atoms with van der Waals surface area (Å²) in [5, 5.41) is 8.30. The normalized spacial score (nSPS) is 9.08. The lowest BCUT2D eigenvalue weighted by atomic mass is 10.1. The predicted octanol–water partition coefficient (Wildman–Crippen LogP) is 2.42. The van der Waals surface area contributed by atoms with Crippen molar-refractivity contribution in [3.8, 4) is 12.0 Å². The van der Waals surface area contributed by atoms with E-state index in [2.05, 4.69) is 6.92 Å². The molecule has 0 N–H and O–H groups in total. The summed E-state index contributed by atoms with van der Waals surface area (Å²) in [7, 11) is 0. The molecule has 0 aliphatic carbocycles. The molecule has 0 saturated carbocycles. The van der Waals surface area contributed by atoms with Crippen LogP contribution >= 0.6 is 0 Å². The van der Waals surface area contributed by atoms with Gasteiger partial charge in [0.1, 0.15) is 5.75 Å². The predicted molar refractivity (Wildman–Crippen MR) is 46.8 cm³/mol. The van der Waals surface area contributed by atoms with E-state index in [4.69, 9.17) is 10.00 Å². The maximum atomic E-state index is 8.30. The van der Waals surface area contributed by atoms with Crippen molar-refractivity contribution in [2.75, 3.05) is 0 Å². The third-order valence-electron chi connectivity index (χ3n) is 1.80. The monoisotopic (exact) mass is 161 g/mol.